The average molecular weight is 326 g/mol. The van der Waals surface area contributed by atoms with Crippen molar-refractivity contribution in [1.29, 1.82) is 0 Å². The third-order valence-corrected chi connectivity index (χ3v) is 3.97. The molecule has 1 unspecified atom stereocenters. The van der Waals surface area contributed by atoms with Crippen molar-refractivity contribution in [3.8, 4) is 0 Å². The van der Waals surface area contributed by atoms with E-state index in [1.807, 2.05) is 38.4 Å². The molecule has 1 amide bonds. The van der Waals surface area contributed by atoms with Gasteiger partial charge in [0.05, 0.1) is 0 Å². The van der Waals surface area contributed by atoms with E-state index in [1.54, 1.807) is 4.90 Å². The minimum atomic E-state index is -0.0501. The van der Waals surface area contributed by atoms with Crippen LogP contribution >= 0.6 is 15.9 Å². The summed E-state index contributed by atoms with van der Waals surface area (Å²) in [6.45, 7) is 3.25. The number of hydrogen-bond acceptors (Lipinski definition) is 3. The fourth-order valence-corrected chi connectivity index (χ4v) is 2.77. The molecule has 1 atom stereocenters. The minimum absolute atomic E-state index is 0.0501. The normalized spacial score (nSPS) is 20.3. The van der Waals surface area contributed by atoms with Gasteiger partial charge in [0.15, 0.2) is 0 Å². The molecule has 1 heterocycles. The van der Waals surface area contributed by atoms with Crippen LogP contribution in [0.15, 0.2) is 28.7 Å². The fraction of sp³-hybridized carbons (Fsp3) is 0.500. The molecule has 0 radical (unpaired) electrons. The second-order valence-corrected chi connectivity index (χ2v) is 5.94. The molecule has 1 aliphatic rings. The zero-order valence-corrected chi connectivity index (χ0v) is 13.0. The maximum Gasteiger partial charge on any atom is 0.241 e. The van der Waals surface area contributed by atoms with E-state index >= 15 is 0 Å². The van der Waals surface area contributed by atoms with Gasteiger partial charge in [-0.15, -0.1) is 0 Å². The highest BCUT2D eigenvalue weighted by Gasteiger charge is 2.28. The highest BCUT2D eigenvalue weighted by molar-refractivity contribution is 9.10. The smallest absolute Gasteiger partial charge is 0.241 e. The summed E-state index contributed by atoms with van der Waals surface area (Å²) < 4.78 is 1.04. The number of carbonyl (C=O) groups is 1. The summed E-state index contributed by atoms with van der Waals surface area (Å²) in [5, 5.41) is 3.28. The van der Waals surface area contributed by atoms with Gasteiger partial charge in [-0.05, 0) is 24.7 Å². The van der Waals surface area contributed by atoms with Crippen molar-refractivity contribution in [2.75, 3.05) is 33.7 Å². The van der Waals surface area contributed by atoms with Crippen LogP contribution in [-0.2, 0) is 11.3 Å². The van der Waals surface area contributed by atoms with E-state index in [4.69, 9.17) is 0 Å². The van der Waals surface area contributed by atoms with Gasteiger partial charge in [0.2, 0.25) is 5.91 Å². The van der Waals surface area contributed by atoms with Crippen LogP contribution in [-0.4, -0.2) is 55.5 Å². The van der Waals surface area contributed by atoms with Crippen LogP contribution in [0.5, 0.6) is 0 Å². The number of benzene rings is 1. The monoisotopic (exact) mass is 325 g/mol. The summed E-state index contributed by atoms with van der Waals surface area (Å²) in [5.41, 5.74) is 1.14. The van der Waals surface area contributed by atoms with Crippen molar-refractivity contribution in [3.63, 3.8) is 0 Å². The van der Waals surface area contributed by atoms with Gasteiger partial charge in [0, 0.05) is 37.7 Å². The van der Waals surface area contributed by atoms with Crippen molar-refractivity contribution in [1.82, 2.24) is 15.1 Å². The SMILES string of the molecule is CN(Cc1cccc(Br)c1)C(=O)C1CNCCN1C. The Balaban J connectivity index is 1.99. The Morgan fingerprint density at radius 2 is 2.37 bits per heavy atom. The molecule has 19 heavy (non-hydrogen) atoms. The quantitative estimate of drug-likeness (QED) is 0.910. The van der Waals surface area contributed by atoms with Gasteiger partial charge in [-0.3, -0.25) is 9.69 Å². The zero-order chi connectivity index (χ0) is 13.8. The highest BCUT2D eigenvalue weighted by Crippen LogP contribution is 2.14. The van der Waals surface area contributed by atoms with E-state index in [0.717, 1.165) is 29.7 Å². The Morgan fingerprint density at radius 1 is 1.58 bits per heavy atom. The molecule has 0 spiro atoms. The van der Waals surface area contributed by atoms with Crippen molar-refractivity contribution in [2.45, 2.75) is 12.6 Å². The summed E-state index contributed by atoms with van der Waals surface area (Å²) in [6.07, 6.45) is 0. The van der Waals surface area contributed by atoms with E-state index in [0.29, 0.717) is 6.54 Å². The van der Waals surface area contributed by atoms with Gasteiger partial charge in [0.1, 0.15) is 6.04 Å². The number of nitrogens with one attached hydrogen (secondary N) is 1. The Bertz CT molecular complexity index is 452. The van der Waals surface area contributed by atoms with Crippen LogP contribution in [0.4, 0.5) is 0 Å². The Hall–Kier alpha value is -0.910. The van der Waals surface area contributed by atoms with Gasteiger partial charge < -0.3 is 10.2 Å². The zero-order valence-electron chi connectivity index (χ0n) is 11.4. The summed E-state index contributed by atoms with van der Waals surface area (Å²) >= 11 is 3.45. The predicted molar refractivity (Wildman–Crippen MR) is 79.9 cm³/mol. The van der Waals surface area contributed by atoms with Crippen molar-refractivity contribution >= 4 is 21.8 Å². The van der Waals surface area contributed by atoms with E-state index in [1.165, 1.54) is 0 Å². The fourth-order valence-electron chi connectivity index (χ4n) is 2.32. The van der Waals surface area contributed by atoms with Crippen molar-refractivity contribution in [3.05, 3.63) is 34.3 Å². The van der Waals surface area contributed by atoms with E-state index < -0.39 is 0 Å². The largest absolute Gasteiger partial charge is 0.340 e. The maximum atomic E-state index is 12.4. The van der Waals surface area contributed by atoms with Crippen LogP contribution in [0.25, 0.3) is 0 Å². The third-order valence-electron chi connectivity index (χ3n) is 3.48. The lowest BCUT2D eigenvalue weighted by Crippen LogP contribution is -2.56. The van der Waals surface area contributed by atoms with Crippen molar-refractivity contribution < 1.29 is 4.79 Å². The third kappa shape index (κ3) is 3.78. The molecule has 1 aromatic carbocycles. The Kier molecular flexibility index (Phi) is 4.96. The molecule has 1 saturated heterocycles. The highest BCUT2D eigenvalue weighted by atomic mass is 79.9. The summed E-state index contributed by atoms with van der Waals surface area (Å²) in [6, 6.07) is 8.02. The van der Waals surface area contributed by atoms with Crippen LogP contribution < -0.4 is 5.32 Å². The molecular formula is C14H20BrN3O. The molecular weight excluding hydrogens is 306 g/mol. The number of nitrogens with zero attached hydrogens (tertiary/aromatic N) is 2. The number of hydrogen-bond donors (Lipinski definition) is 1. The lowest BCUT2D eigenvalue weighted by molar-refractivity contribution is -0.136. The maximum absolute atomic E-state index is 12.4. The first-order chi connectivity index (χ1) is 9.08. The topological polar surface area (TPSA) is 35.6 Å². The first-order valence-electron chi connectivity index (χ1n) is 6.48. The van der Waals surface area contributed by atoms with Crippen LogP contribution in [0.2, 0.25) is 0 Å². The van der Waals surface area contributed by atoms with Gasteiger partial charge in [-0.2, -0.15) is 0 Å². The first-order valence-corrected chi connectivity index (χ1v) is 7.27. The Morgan fingerprint density at radius 3 is 3.05 bits per heavy atom. The van der Waals surface area contributed by atoms with Crippen LogP contribution in [0.1, 0.15) is 5.56 Å². The summed E-state index contributed by atoms with van der Waals surface area (Å²) in [7, 11) is 3.88. The predicted octanol–water partition coefficient (Wildman–Crippen LogP) is 1.31. The second-order valence-electron chi connectivity index (χ2n) is 5.02. The van der Waals surface area contributed by atoms with Crippen molar-refractivity contribution in [2.24, 2.45) is 0 Å². The molecule has 1 aromatic rings. The van der Waals surface area contributed by atoms with Crippen LogP contribution in [0, 0.1) is 0 Å². The molecule has 0 aromatic heterocycles. The number of likely N-dealkylation sites (N-methyl/N-ethyl adjacent to an activating group) is 2. The Labute approximate surface area is 122 Å². The number of piperazine rings is 1. The number of amides is 1. The molecule has 1 N–H and O–H groups in total. The first kappa shape index (κ1) is 14.5. The number of halogens is 1. The molecule has 0 saturated carbocycles. The summed E-state index contributed by atoms with van der Waals surface area (Å²) in [5.74, 6) is 0.176. The standard InChI is InChI=1S/C14H20BrN3O/c1-17-7-6-16-9-13(17)14(19)18(2)10-11-4-3-5-12(15)8-11/h3-5,8,13,16H,6-7,9-10H2,1-2H3. The van der Waals surface area contributed by atoms with Gasteiger partial charge in [-0.1, -0.05) is 28.1 Å². The minimum Gasteiger partial charge on any atom is -0.340 e. The number of carbonyl (C=O) groups excluding carboxylic acids is 1. The molecule has 0 aliphatic carbocycles. The molecule has 1 aliphatic heterocycles. The molecule has 2 rings (SSSR count). The van der Waals surface area contributed by atoms with Crippen LogP contribution in [0.3, 0.4) is 0 Å². The molecule has 1 fully saturated rings. The molecule has 5 heteroatoms. The second kappa shape index (κ2) is 6.50. The molecule has 0 bridgehead atoms. The van der Waals surface area contributed by atoms with Gasteiger partial charge >= 0.3 is 0 Å². The molecule has 4 nitrogen and oxygen atoms in total. The molecule has 104 valence electrons. The van der Waals surface area contributed by atoms with Gasteiger partial charge in [-0.25, -0.2) is 0 Å². The average Bonchev–Trinajstić information content (AvgIpc) is 2.38. The van der Waals surface area contributed by atoms with Gasteiger partial charge in [0.25, 0.3) is 0 Å². The lowest BCUT2D eigenvalue weighted by atomic mass is 10.1. The van der Waals surface area contributed by atoms with E-state index in [-0.39, 0.29) is 11.9 Å². The van der Waals surface area contributed by atoms with E-state index in [2.05, 4.69) is 26.1 Å². The lowest BCUT2D eigenvalue weighted by Gasteiger charge is -2.34. The van der Waals surface area contributed by atoms with E-state index in [9.17, 15) is 4.79 Å². The number of rotatable bonds is 3. The summed E-state index contributed by atoms with van der Waals surface area (Å²) in [4.78, 5) is 16.4.